The van der Waals surface area contributed by atoms with Crippen LogP contribution in [0.5, 0.6) is 17.2 Å². The van der Waals surface area contributed by atoms with Crippen molar-refractivity contribution in [2.24, 2.45) is 0 Å². The number of hydrogen-bond donors (Lipinski definition) is 0. The summed E-state index contributed by atoms with van der Waals surface area (Å²) in [4.78, 5) is 0. The van der Waals surface area contributed by atoms with Crippen LogP contribution in [0.3, 0.4) is 0 Å². The molecular formula is C21H22BNaO3. The van der Waals surface area contributed by atoms with Crippen LogP contribution >= 0.6 is 0 Å². The fourth-order valence-electron chi connectivity index (χ4n) is 2.26. The first-order chi connectivity index (χ1) is 12.1. The van der Waals surface area contributed by atoms with Crippen LogP contribution in [-0.4, -0.2) is 7.32 Å². The van der Waals surface area contributed by atoms with Crippen LogP contribution in [0.15, 0.2) is 72.8 Å². The molecule has 3 aromatic rings. The molecule has 0 N–H and O–H groups in total. The van der Waals surface area contributed by atoms with Crippen molar-refractivity contribution in [2.45, 2.75) is 20.8 Å². The Balaban J connectivity index is 0.00000182. The van der Waals surface area contributed by atoms with Gasteiger partial charge < -0.3 is 15.4 Å². The minimum atomic E-state index is -0.881. The smallest absolute Gasteiger partial charge is 1.00 e. The Hall–Kier alpha value is -1.88. The molecule has 0 saturated carbocycles. The van der Waals surface area contributed by atoms with Crippen LogP contribution in [-0.2, 0) is 0 Å². The Morgan fingerprint density at radius 1 is 0.500 bits per heavy atom. The molecule has 0 aliphatic heterocycles. The number of rotatable bonds is 6. The summed E-state index contributed by atoms with van der Waals surface area (Å²) in [5.74, 6) is 2.07. The molecule has 0 saturated heterocycles. The zero-order chi connectivity index (χ0) is 17.6. The van der Waals surface area contributed by atoms with Crippen LogP contribution in [0.1, 0.15) is 18.1 Å². The van der Waals surface area contributed by atoms with Crippen molar-refractivity contribution >= 4 is 7.32 Å². The minimum Gasteiger partial charge on any atom is -1.00 e. The zero-order valence-electron chi connectivity index (χ0n) is 16.7. The predicted molar refractivity (Wildman–Crippen MR) is 102 cm³/mol. The summed E-state index contributed by atoms with van der Waals surface area (Å²) in [5.41, 5.74) is 3.51. The quantitative estimate of drug-likeness (QED) is 0.634. The third-order valence-corrected chi connectivity index (χ3v) is 3.76. The first-order valence-corrected chi connectivity index (χ1v) is 8.28. The average molecular weight is 356 g/mol. The van der Waals surface area contributed by atoms with Gasteiger partial charge in [0.05, 0.1) is 0 Å². The molecule has 0 spiro atoms. The molecule has 26 heavy (non-hydrogen) atoms. The van der Waals surface area contributed by atoms with Crippen LogP contribution in [0.25, 0.3) is 0 Å². The summed E-state index contributed by atoms with van der Waals surface area (Å²) in [6, 6.07) is 23.4. The van der Waals surface area contributed by atoms with E-state index in [4.69, 9.17) is 14.0 Å². The van der Waals surface area contributed by atoms with E-state index in [2.05, 4.69) is 0 Å². The molecule has 3 aromatic carbocycles. The zero-order valence-corrected chi connectivity index (χ0v) is 17.7. The summed E-state index contributed by atoms with van der Waals surface area (Å²) >= 11 is 0. The molecule has 0 heterocycles. The van der Waals surface area contributed by atoms with Gasteiger partial charge in [-0.15, -0.1) is 0 Å². The molecule has 0 aliphatic carbocycles. The SMILES string of the molecule is Cc1ccc(OB(Oc2ccc(C)cc2)Oc2ccc(C)cc2)cc1.[H-].[Na+]. The Labute approximate surface area is 179 Å². The van der Waals surface area contributed by atoms with Crippen LogP contribution in [0.4, 0.5) is 0 Å². The van der Waals surface area contributed by atoms with Gasteiger partial charge in [-0.25, -0.2) is 0 Å². The Morgan fingerprint density at radius 3 is 0.962 bits per heavy atom. The van der Waals surface area contributed by atoms with Crippen LogP contribution in [0.2, 0.25) is 0 Å². The molecule has 0 radical (unpaired) electrons. The maximum atomic E-state index is 5.89. The maximum Gasteiger partial charge on any atom is 1.00 e. The molecule has 0 bridgehead atoms. The van der Waals surface area contributed by atoms with Gasteiger partial charge in [0.2, 0.25) is 0 Å². The molecule has 0 aliphatic rings. The van der Waals surface area contributed by atoms with E-state index in [0.717, 1.165) is 0 Å². The van der Waals surface area contributed by atoms with Gasteiger partial charge in [-0.05, 0) is 57.2 Å². The molecule has 3 rings (SSSR count). The van der Waals surface area contributed by atoms with Crippen LogP contribution in [0, 0.1) is 20.8 Å². The van der Waals surface area contributed by atoms with Gasteiger partial charge >= 0.3 is 36.9 Å². The van der Waals surface area contributed by atoms with Crippen molar-refractivity contribution in [3.63, 3.8) is 0 Å². The number of hydrogen-bond acceptors (Lipinski definition) is 3. The van der Waals surface area contributed by atoms with E-state index in [9.17, 15) is 0 Å². The van der Waals surface area contributed by atoms with E-state index in [1.165, 1.54) is 16.7 Å². The first kappa shape index (κ1) is 20.4. The van der Waals surface area contributed by atoms with E-state index < -0.39 is 7.32 Å². The van der Waals surface area contributed by atoms with Gasteiger partial charge in [0, 0.05) is 0 Å². The molecular weight excluding hydrogens is 334 g/mol. The second-order valence-electron chi connectivity index (χ2n) is 6.08. The molecule has 128 valence electrons. The normalized spacial score (nSPS) is 9.81. The first-order valence-electron chi connectivity index (χ1n) is 8.28. The third-order valence-electron chi connectivity index (χ3n) is 3.76. The summed E-state index contributed by atoms with van der Waals surface area (Å²) in [6.07, 6.45) is 0. The second-order valence-corrected chi connectivity index (χ2v) is 6.08. The van der Waals surface area contributed by atoms with Crippen molar-refractivity contribution < 1.29 is 44.9 Å². The summed E-state index contributed by atoms with van der Waals surface area (Å²) in [6.45, 7) is 6.10. The summed E-state index contributed by atoms with van der Waals surface area (Å²) in [5, 5.41) is 0. The third kappa shape index (κ3) is 6.13. The van der Waals surface area contributed by atoms with Gasteiger partial charge in [-0.3, -0.25) is 0 Å². The maximum absolute atomic E-state index is 5.89. The molecule has 0 atom stereocenters. The largest absolute Gasteiger partial charge is 1.00 e. The Morgan fingerprint density at radius 2 is 0.731 bits per heavy atom. The molecule has 3 nitrogen and oxygen atoms in total. The van der Waals surface area contributed by atoms with Crippen molar-refractivity contribution in [3.05, 3.63) is 89.5 Å². The van der Waals surface area contributed by atoms with Gasteiger partial charge in [-0.2, -0.15) is 0 Å². The van der Waals surface area contributed by atoms with Crippen molar-refractivity contribution in [1.29, 1.82) is 0 Å². The van der Waals surface area contributed by atoms with Gasteiger partial charge in [0.1, 0.15) is 17.2 Å². The molecule has 0 amide bonds. The van der Waals surface area contributed by atoms with Crippen LogP contribution < -0.4 is 43.5 Å². The predicted octanol–water partition coefficient (Wildman–Crippen LogP) is 2.25. The van der Waals surface area contributed by atoms with E-state index >= 15 is 0 Å². The second kappa shape index (κ2) is 9.72. The summed E-state index contributed by atoms with van der Waals surface area (Å²) < 4.78 is 17.7. The standard InChI is InChI=1S/C21H21BO3.Na.H/c1-16-4-10-19(11-5-16)23-22(24-20-12-6-17(2)7-13-20)25-21-14-8-18(3)9-15-21;;/h4-15H,1-3H3;;/q;+1;-1. The van der Waals surface area contributed by atoms with E-state index in [1.807, 2.05) is 93.6 Å². The summed E-state index contributed by atoms with van der Waals surface area (Å²) in [7, 11) is -0.881. The van der Waals surface area contributed by atoms with Gasteiger partial charge in [-0.1, -0.05) is 53.1 Å². The topological polar surface area (TPSA) is 27.7 Å². The Kier molecular flexibility index (Phi) is 7.64. The monoisotopic (exact) mass is 356 g/mol. The fraction of sp³-hybridized carbons (Fsp3) is 0.143. The van der Waals surface area contributed by atoms with Crippen molar-refractivity contribution in [3.8, 4) is 17.2 Å². The minimum absolute atomic E-state index is 0. The fourth-order valence-corrected chi connectivity index (χ4v) is 2.26. The number of benzene rings is 3. The van der Waals surface area contributed by atoms with Gasteiger partial charge in [0.25, 0.3) is 0 Å². The van der Waals surface area contributed by atoms with E-state index in [1.54, 1.807) is 0 Å². The van der Waals surface area contributed by atoms with E-state index in [0.29, 0.717) is 17.2 Å². The molecule has 0 aromatic heterocycles. The van der Waals surface area contributed by atoms with Crippen molar-refractivity contribution in [2.75, 3.05) is 0 Å². The van der Waals surface area contributed by atoms with Crippen molar-refractivity contribution in [1.82, 2.24) is 0 Å². The molecule has 5 heteroatoms. The van der Waals surface area contributed by atoms with E-state index in [-0.39, 0.29) is 31.0 Å². The number of aryl methyl sites for hydroxylation is 3. The van der Waals surface area contributed by atoms with Gasteiger partial charge in [0.15, 0.2) is 0 Å². The Bertz CT molecular complexity index is 695. The average Bonchev–Trinajstić information content (AvgIpc) is 2.61. The molecule has 0 unspecified atom stereocenters. The molecule has 0 fully saturated rings.